The number of hydrogen-bond acceptors (Lipinski definition) is 5. The van der Waals surface area contributed by atoms with Crippen molar-refractivity contribution in [2.45, 2.75) is 10.4 Å². The molecule has 3 aromatic heterocycles. The standard InChI is InChI=1S/C19H9Cl2F3N4O2S2/c20-13-5-2-10(7-14(13)21)15-8-16(19(22,23)24)28-18(27-15)11(9-26-28)1-3-12-4-6-17(31-12)32(25,29)30/h2,4-9H,(H2,25,29,30). The number of hydrogen-bond donors (Lipinski definition) is 1. The summed E-state index contributed by atoms with van der Waals surface area (Å²) in [6.07, 6.45) is -3.57. The summed E-state index contributed by atoms with van der Waals surface area (Å²) in [5.41, 5.74) is -0.744. The largest absolute Gasteiger partial charge is 0.433 e. The van der Waals surface area contributed by atoms with Gasteiger partial charge in [-0.1, -0.05) is 41.1 Å². The Morgan fingerprint density at radius 3 is 2.44 bits per heavy atom. The Kier molecular flexibility index (Phi) is 5.68. The average molecular weight is 517 g/mol. The lowest BCUT2D eigenvalue weighted by atomic mass is 10.1. The van der Waals surface area contributed by atoms with Crippen molar-refractivity contribution in [2.24, 2.45) is 5.14 Å². The number of benzene rings is 1. The van der Waals surface area contributed by atoms with Crippen molar-refractivity contribution in [3.63, 3.8) is 0 Å². The van der Waals surface area contributed by atoms with Gasteiger partial charge in [0, 0.05) is 5.56 Å². The quantitative estimate of drug-likeness (QED) is 0.386. The van der Waals surface area contributed by atoms with Crippen LogP contribution in [0.5, 0.6) is 0 Å². The zero-order valence-electron chi connectivity index (χ0n) is 15.5. The van der Waals surface area contributed by atoms with Crippen LogP contribution in [0.1, 0.15) is 16.1 Å². The minimum absolute atomic E-state index is 0.000392. The van der Waals surface area contributed by atoms with E-state index in [1.54, 1.807) is 0 Å². The Bertz CT molecular complexity index is 1530. The first-order valence-corrected chi connectivity index (χ1v) is 11.6. The van der Waals surface area contributed by atoms with Gasteiger partial charge in [-0.3, -0.25) is 0 Å². The first-order chi connectivity index (χ1) is 14.9. The average Bonchev–Trinajstić information content (AvgIpc) is 3.33. The van der Waals surface area contributed by atoms with Gasteiger partial charge in [0.1, 0.15) is 4.21 Å². The zero-order chi connectivity index (χ0) is 23.3. The molecule has 0 amide bonds. The number of nitrogens with zero attached hydrogens (tertiary/aromatic N) is 3. The molecule has 6 nitrogen and oxygen atoms in total. The van der Waals surface area contributed by atoms with Crippen molar-refractivity contribution in [3.05, 3.63) is 68.8 Å². The van der Waals surface area contributed by atoms with E-state index in [9.17, 15) is 21.6 Å². The van der Waals surface area contributed by atoms with Crippen LogP contribution < -0.4 is 5.14 Å². The molecule has 1 aromatic carbocycles. The number of fused-ring (bicyclic) bond motifs is 1. The number of rotatable bonds is 2. The van der Waals surface area contributed by atoms with Crippen LogP contribution in [0.25, 0.3) is 16.9 Å². The maximum absolute atomic E-state index is 13.7. The molecule has 4 rings (SSSR count). The Labute approximate surface area is 193 Å². The number of primary sulfonamides is 1. The highest BCUT2D eigenvalue weighted by atomic mass is 35.5. The van der Waals surface area contributed by atoms with Crippen LogP contribution in [0.15, 0.2) is 46.8 Å². The lowest BCUT2D eigenvalue weighted by Crippen LogP contribution is -2.13. The summed E-state index contributed by atoms with van der Waals surface area (Å²) >= 11 is 12.7. The Balaban J connectivity index is 1.87. The molecule has 0 saturated carbocycles. The van der Waals surface area contributed by atoms with Crippen molar-refractivity contribution in [3.8, 4) is 23.1 Å². The highest BCUT2D eigenvalue weighted by Gasteiger charge is 2.35. The summed E-state index contributed by atoms with van der Waals surface area (Å²) in [4.78, 5) is 4.64. The molecule has 0 aliphatic heterocycles. The maximum atomic E-state index is 13.7. The van der Waals surface area contributed by atoms with Gasteiger partial charge in [-0.15, -0.1) is 11.3 Å². The zero-order valence-corrected chi connectivity index (χ0v) is 18.6. The fourth-order valence-electron chi connectivity index (χ4n) is 2.73. The number of sulfonamides is 1. The molecule has 32 heavy (non-hydrogen) atoms. The number of nitrogens with two attached hydrogens (primary N) is 1. The van der Waals surface area contributed by atoms with E-state index < -0.39 is 21.9 Å². The molecule has 164 valence electrons. The molecule has 0 atom stereocenters. The van der Waals surface area contributed by atoms with Crippen molar-refractivity contribution in [1.82, 2.24) is 14.6 Å². The molecule has 2 N–H and O–H groups in total. The van der Waals surface area contributed by atoms with Gasteiger partial charge in [-0.05, 0) is 30.3 Å². The van der Waals surface area contributed by atoms with Crippen molar-refractivity contribution in [2.75, 3.05) is 0 Å². The second-order valence-electron chi connectivity index (χ2n) is 6.36. The second-order valence-corrected chi connectivity index (χ2v) is 10.0. The van der Waals surface area contributed by atoms with Crippen LogP contribution in [0, 0.1) is 11.8 Å². The molecule has 0 fully saturated rings. The van der Waals surface area contributed by atoms with Crippen LogP contribution in [0.2, 0.25) is 10.0 Å². The highest BCUT2D eigenvalue weighted by Crippen LogP contribution is 2.34. The molecule has 13 heteroatoms. The van der Waals surface area contributed by atoms with Crippen molar-refractivity contribution < 1.29 is 21.6 Å². The van der Waals surface area contributed by atoms with Crippen LogP contribution in [0.4, 0.5) is 13.2 Å². The van der Waals surface area contributed by atoms with Gasteiger partial charge >= 0.3 is 6.18 Å². The summed E-state index contributed by atoms with van der Waals surface area (Å²) in [6.45, 7) is 0. The first-order valence-electron chi connectivity index (χ1n) is 8.49. The van der Waals surface area contributed by atoms with E-state index in [-0.39, 0.29) is 31.2 Å². The van der Waals surface area contributed by atoms with Crippen LogP contribution in [-0.4, -0.2) is 23.0 Å². The molecule has 0 saturated heterocycles. The lowest BCUT2D eigenvalue weighted by molar-refractivity contribution is -0.142. The minimum Gasteiger partial charge on any atom is -0.227 e. The SMILES string of the molecule is NS(=O)(=O)c1ccc(C#Cc2cnn3c(C(F)(F)F)cc(-c4ccc(Cl)c(Cl)c4)nc23)s1. The van der Waals surface area contributed by atoms with E-state index in [0.29, 0.717) is 15.0 Å². The predicted octanol–water partition coefficient (Wildman–Crippen LogP) is 4.83. The second kappa shape index (κ2) is 8.06. The van der Waals surface area contributed by atoms with Gasteiger partial charge in [0.05, 0.1) is 32.4 Å². The van der Waals surface area contributed by atoms with Crippen LogP contribution >= 0.6 is 34.5 Å². The topological polar surface area (TPSA) is 90.4 Å². The molecular formula is C19H9Cl2F3N4O2S2. The Morgan fingerprint density at radius 1 is 1.06 bits per heavy atom. The Morgan fingerprint density at radius 2 is 1.81 bits per heavy atom. The summed E-state index contributed by atoms with van der Waals surface area (Å²) in [7, 11) is -3.88. The fourth-order valence-corrected chi connectivity index (χ4v) is 4.61. The normalized spacial score (nSPS) is 12.1. The van der Waals surface area contributed by atoms with Gasteiger partial charge < -0.3 is 0 Å². The van der Waals surface area contributed by atoms with Crippen molar-refractivity contribution >= 4 is 50.2 Å². The molecule has 0 unspecified atom stereocenters. The molecule has 0 aliphatic carbocycles. The van der Waals surface area contributed by atoms with Gasteiger partial charge in [0.2, 0.25) is 10.0 Å². The smallest absolute Gasteiger partial charge is 0.227 e. The van der Waals surface area contributed by atoms with Gasteiger partial charge in [-0.2, -0.15) is 18.3 Å². The van der Waals surface area contributed by atoms with E-state index in [4.69, 9.17) is 28.3 Å². The maximum Gasteiger partial charge on any atom is 0.433 e. The monoisotopic (exact) mass is 516 g/mol. The molecule has 0 radical (unpaired) electrons. The predicted molar refractivity (Wildman–Crippen MR) is 115 cm³/mol. The number of halogens is 5. The molecule has 4 aromatic rings. The van der Waals surface area contributed by atoms with Crippen LogP contribution in [-0.2, 0) is 16.2 Å². The molecule has 0 bridgehead atoms. The molecule has 0 spiro atoms. The van der Waals surface area contributed by atoms with E-state index >= 15 is 0 Å². The van der Waals surface area contributed by atoms with Gasteiger partial charge in [-0.25, -0.2) is 23.1 Å². The summed E-state index contributed by atoms with van der Waals surface area (Å²) in [6, 6.07) is 7.95. The number of aromatic nitrogens is 3. The summed E-state index contributed by atoms with van der Waals surface area (Å²) in [5, 5.41) is 9.26. The van der Waals surface area contributed by atoms with Crippen molar-refractivity contribution in [1.29, 1.82) is 0 Å². The van der Waals surface area contributed by atoms with Gasteiger partial charge in [0.25, 0.3) is 0 Å². The minimum atomic E-state index is -4.72. The number of thiophene rings is 1. The van der Waals surface area contributed by atoms with E-state index in [1.807, 2.05) is 0 Å². The van der Waals surface area contributed by atoms with E-state index in [0.717, 1.165) is 23.6 Å². The van der Waals surface area contributed by atoms with E-state index in [1.165, 1.54) is 30.3 Å². The van der Waals surface area contributed by atoms with Gasteiger partial charge in [0.15, 0.2) is 11.3 Å². The fraction of sp³-hybridized carbons (Fsp3) is 0.0526. The Hall–Kier alpha value is -2.62. The van der Waals surface area contributed by atoms with E-state index in [2.05, 4.69) is 21.9 Å². The highest BCUT2D eigenvalue weighted by molar-refractivity contribution is 7.91. The third kappa shape index (κ3) is 4.46. The summed E-state index contributed by atoms with van der Waals surface area (Å²) < 4.78 is 64.4. The van der Waals surface area contributed by atoms with Crippen LogP contribution in [0.3, 0.4) is 0 Å². The molecule has 0 aliphatic rings. The number of alkyl halides is 3. The molecule has 3 heterocycles. The first kappa shape index (κ1) is 22.6. The summed E-state index contributed by atoms with van der Waals surface area (Å²) in [5.74, 6) is 5.39. The lowest BCUT2D eigenvalue weighted by Gasteiger charge is -2.11. The molecular weight excluding hydrogens is 508 g/mol. The third-order valence-electron chi connectivity index (χ3n) is 4.16. The third-order valence-corrected chi connectivity index (χ3v) is 7.34.